The van der Waals surface area contributed by atoms with E-state index in [9.17, 15) is 4.79 Å². The Kier molecular flexibility index (Phi) is 3.35. The first-order chi connectivity index (χ1) is 13.7. The third-order valence-corrected chi connectivity index (χ3v) is 5.83. The van der Waals surface area contributed by atoms with Gasteiger partial charge in [-0.15, -0.1) is 0 Å². The maximum Gasteiger partial charge on any atom is 0.332 e. The highest BCUT2D eigenvalue weighted by Crippen LogP contribution is 2.39. The van der Waals surface area contributed by atoms with Crippen LogP contribution in [0.5, 0.6) is 0 Å². The highest BCUT2D eigenvalue weighted by Gasteiger charge is 2.37. The molecule has 2 saturated carbocycles. The van der Waals surface area contributed by atoms with E-state index in [1.165, 1.54) is 0 Å². The smallest absolute Gasteiger partial charge is 0.332 e. The van der Waals surface area contributed by atoms with Crippen LogP contribution in [0.25, 0.3) is 22.4 Å². The summed E-state index contributed by atoms with van der Waals surface area (Å²) in [5, 5.41) is 3.93. The average molecular weight is 397 g/mol. The lowest BCUT2D eigenvalue weighted by Crippen LogP contribution is -2.41. The molecule has 2 fully saturated rings. The minimum atomic E-state index is 0.00338. The van der Waals surface area contributed by atoms with Gasteiger partial charge in [-0.3, -0.25) is 9.13 Å². The predicted octanol–water partition coefficient (Wildman–Crippen LogP) is 3.54. The van der Waals surface area contributed by atoms with Crippen molar-refractivity contribution in [3.05, 3.63) is 46.1 Å². The number of benzene rings is 1. The van der Waals surface area contributed by atoms with Gasteiger partial charge in [0.1, 0.15) is 5.52 Å². The van der Waals surface area contributed by atoms with Crippen molar-refractivity contribution in [1.82, 2.24) is 24.1 Å². The van der Waals surface area contributed by atoms with E-state index in [2.05, 4.69) is 20.3 Å². The maximum absolute atomic E-state index is 13.0. The van der Waals surface area contributed by atoms with E-state index in [0.29, 0.717) is 27.9 Å². The largest absolute Gasteiger partial charge is 0.423 e. The SMILES string of the molecule is O=c1n(C2CC2)c2nccnc2n1[C@H]1C[C@H](Nc2nc3ccc(Cl)cc3o2)C1. The van der Waals surface area contributed by atoms with Gasteiger partial charge in [0.25, 0.3) is 6.01 Å². The zero-order valence-electron chi connectivity index (χ0n) is 14.9. The van der Waals surface area contributed by atoms with Crippen LogP contribution in [0, 0.1) is 0 Å². The summed E-state index contributed by atoms with van der Waals surface area (Å²) in [6.45, 7) is 0. The van der Waals surface area contributed by atoms with Gasteiger partial charge in [-0.2, -0.15) is 4.98 Å². The van der Waals surface area contributed by atoms with Crippen molar-refractivity contribution in [3.8, 4) is 0 Å². The molecule has 0 spiro atoms. The third kappa shape index (κ3) is 2.44. The number of hydrogen-bond acceptors (Lipinski definition) is 6. The minimum absolute atomic E-state index is 0.00338. The molecule has 0 amide bonds. The number of fused-ring (bicyclic) bond motifs is 2. The molecule has 3 aromatic heterocycles. The number of imidazole rings is 1. The topological polar surface area (TPSA) is 90.8 Å². The molecule has 9 heteroatoms. The molecular formula is C19H17ClN6O2. The molecule has 1 aromatic carbocycles. The van der Waals surface area contributed by atoms with Crippen molar-refractivity contribution in [2.45, 2.75) is 43.8 Å². The van der Waals surface area contributed by atoms with Crippen LogP contribution in [0.2, 0.25) is 5.02 Å². The molecule has 142 valence electrons. The molecule has 1 N–H and O–H groups in total. The van der Waals surface area contributed by atoms with E-state index in [0.717, 1.165) is 31.2 Å². The van der Waals surface area contributed by atoms with E-state index in [1.807, 2.05) is 15.2 Å². The number of rotatable bonds is 4. The highest BCUT2D eigenvalue weighted by molar-refractivity contribution is 6.31. The summed E-state index contributed by atoms with van der Waals surface area (Å²) >= 11 is 6.00. The van der Waals surface area contributed by atoms with Gasteiger partial charge in [0.2, 0.25) is 0 Å². The zero-order valence-corrected chi connectivity index (χ0v) is 15.6. The first kappa shape index (κ1) is 16.1. The van der Waals surface area contributed by atoms with E-state index in [4.69, 9.17) is 16.0 Å². The molecule has 0 bridgehead atoms. The summed E-state index contributed by atoms with van der Waals surface area (Å²) < 4.78 is 9.36. The minimum Gasteiger partial charge on any atom is -0.423 e. The molecule has 2 aliphatic carbocycles. The van der Waals surface area contributed by atoms with Gasteiger partial charge in [-0.05, 0) is 37.8 Å². The molecule has 2 aliphatic rings. The number of halogens is 1. The van der Waals surface area contributed by atoms with E-state index >= 15 is 0 Å². The van der Waals surface area contributed by atoms with Crippen LogP contribution in [0.1, 0.15) is 37.8 Å². The molecular weight excluding hydrogens is 380 g/mol. The predicted molar refractivity (Wildman–Crippen MR) is 105 cm³/mol. The van der Waals surface area contributed by atoms with Crippen molar-refractivity contribution in [2.24, 2.45) is 0 Å². The molecule has 3 heterocycles. The fourth-order valence-corrected chi connectivity index (χ4v) is 4.16. The molecule has 4 aromatic rings. The quantitative estimate of drug-likeness (QED) is 0.567. The van der Waals surface area contributed by atoms with E-state index in [-0.39, 0.29) is 23.8 Å². The summed E-state index contributed by atoms with van der Waals surface area (Å²) in [5.74, 6) is 0. The Hall–Kier alpha value is -2.87. The van der Waals surface area contributed by atoms with Crippen molar-refractivity contribution in [1.29, 1.82) is 0 Å². The standard InChI is InChI=1S/C19H17ClN6O2/c20-10-1-4-14-15(7-10)28-18(24-14)23-11-8-13(9-11)26-17-16(21-5-6-22-17)25(19(26)27)12-2-3-12/h1,4-7,11-13H,2-3,8-9H2,(H,23,24)/t11-,13-. The Morgan fingerprint density at radius 1 is 1.07 bits per heavy atom. The summed E-state index contributed by atoms with van der Waals surface area (Å²) in [6, 6.07) is 6.42. The lowest BCUT2D eigenvalue weighted by molar-refractivity contribution is 0.276. The number of aromatic nitrogens is 5. The summed E-state index contributed by atoms with van der Waals surface area (Å²) in [5.41, 5.74) is 2.80. The number of anilines is 1. The lowest BCUT2D eigenvalue weighted by Gasteiger charge is -2.35. The van der Waals surface area contributed by atoms with Crippen LogP contribution >= 0.6 is 11.6 Å². The van der Waals surface area contributed by atoms with Gasteiger partial charge in [-0.25, -0.2) is 14.8 Å². The molecule has 8 nitrogen and oxygen atoms in total. The van der Waals surface area contributed by atoms with Gasteiger partial charge in [0.15, 0.2) is 16.9 Å². The van der Waals surface area contributed by atoms with Crippen LogP contribution in [0.3, 0.4) is 0 Å². The molecule has 28 heavy (non-hydrogen) atoms. The number of nitrogens with one attached hydrogen (secondary N) is 1. The lowest BCUT2D eigenvalue weighted by atomic mass is 9.86. The van der Waals surface area contributed by atoms with Gasteiger partial charge in [0.05, 0.1) is 0 Å². The Bertz CT molecular complexity index is 1260. The zero-order chi connectivity index (χ0) is 18.8. The maximum atomic E-state index is 13.0. The van der Waals surface area contributed by atoms with Crippen molar-refractivity contribution >= 4 is 40.0 Å². The summed E-state index contributed by atoms with van der Waals surface area (Å²) in [7, 11) is 0. The van der Waals surface area contributed by atoms with Crippen molar-refractivity contribution < 1.29 is 4.42 Å². The number of hydrogen-bond donors (Lipinski definition) is 1. The van der Waals surface area contributed by atoms with Gasteiger partial charge in [-0.1, -0.05) is 11.6 Å². The fourth-order valence-electron chi connectivity index (χ4n) is 4.00. The molecule has 0 saturated heterocycles. The summed E-state index contributed by atoms with van der Waals surface area (Å²) in [6.07, 6.45) is 6.97. The molecule has 0 aliphatic heterocycles. The Labute approximate surface area is 164 Å². The van der Waals surface area contributed by atoms with Crippen molar-refractivity contribution in [2.75, 3.05) is 5.32 Å². The highest BCUT2D eigenvalue weighted by atomic mass is 35.5. The average Bonchev–Trinajstić information content (AvgIpc) is 3.33. The van der Waals surface area contributed by atoms with Gasteiger partial charge < -0.3 is 9.73 Å². The number of oxazole rings is 1. The third-order valence-electron chi connectivity index (χ3n) is 5.60. The Balaban J connectivity index is 1.25. The van der Waals surface area contributed by atoms with Crippen LogP contribution in [-0.4, -0.2) is 30.1 Å². The second kappa shape index (κ2) is 5.81. The monoisotopic (exact) mass is 396 g/mol. The van der Waals surface area contributed by atoms with Crippen LogP contribution < -0.4 is 11.0 Å². The second-order valence-corrected chi connectivity index (χ2v) is 7.99. The van der Waals surface area contributed by atoms with Crippen LogP contribution in [0.4, 0.5) is 6.01 Å². The van der Waals surface area contributed by atoms with Gasteiger partial charge in [0, 0.05) is 41.6 Å². The number of nitrogens with zero attached hydrogens (tertiary/aromatic N) is 5. The van der Waals surface area contributed by atoms with Crippen LogP contribution in [0.15, 0.2) is 39.8 Å². The second-order valence-electron chi connectivity index (χ2n) is 7.55. The van der Waals surface area contributed by atoms with Gasteiger partial charge >= 0.3 is 5.69 Å². The van der Waals surface area contributed by atoms with Crippen LogP contribution in [-0.2, 0) is 0 Å². The Morgan fingerprint density at radius 3 is 2.50 bits per heavy atom. The Morgan fingerprint density at radius 2 is 1.79 bits per heavy atom. The molecule has 0 atom stereocenters. The van der Waals surface area contributed by atoms with Crippen molar-refractivity contribution in [3.63, 3.8) is 0 Å². The summed E-state index contributed by atoms with van der Waals surface area (Å²) in [4.78, 5) is 26.3. The molecule has 0 radical (unpaired) electrons. The molecule has 0 unspecified atom stereocenters. The fraction of sp³-hybridized carbons (Fsp3) is 0.368. The first-order valence-corrected chi connectivity index (χ1v) is 9.81. The normalized spacial score (nSPS) is 21.9. The first-order valence-electron chi connectivity index (χ1n) is 9.43. The van der Waals surface area contributed by atoms with E-state index < -0.39 is 0 Å². The van der Waals surface area contributed by atoms with E-state index in [1.54, 1.807) is 24.5 Å². The molecule has 6 rings (SSSR count).